The van der Waals surface area contributed by atoms with Gasteiger partial charge in [-0.05, 0) is 48.9 Å². The zero-order valence-corrected chi connectivity index (χ0v) is 16.5. The number of ether oxygens (including phenoxy) is 2. The molecule has 0 saturated heterocycles. The van der Waals surface area contributed by atoms with Crippen LogP contribution in [0.5, 0.6) is 11.5 Å². The summed E-state index contributed by atoms with van der Waals surface area (Å²) in [6.07, 6.45) is -7.76. The van der Waals surface area contributed by atoms with Crippen LogP contribution in [0.4, 0.5) is 17.6 Å². The maximum Gasteiger partial charge on any atom is 0.287 e. The maximum atomic E-state index is 13.3. The molecule has 2 aromatic carbocycles. The molecule has 166 valence electrons. The second kappa shape index (κ2) is 9.34. The number of nitrogens with zero attached hydrogens (tertiary/aromatic N) is 2. The number of benzene rings is 2. The molecule has 0 spiro atoms. The Hall–Kier alpha value is -3.14. The van der Waals surface area contributed by atoms with Gasteiger partial charge in [-0.15, -0.1) is 0 Å². The highest BCUT2D eigenvalue weighted by Crippen LogP contribution is 2.34. The summed E-state index contributed by atoms with van der Waals surface area (Å²) in [5.74, 6) is 0.190. The van der Waals surface area contributed by atoms with Crippen LogP contribution in [-0.4, -0.2) is 46.9 Å². The highest BCUT2D eigenvalue weighted by atomic mass is 19.3. The number of carbonyl (C=O) groups excluding carboxylic acids is 1. The SMILES string of the molecule is CCOc1ccc(OCc2ccc(C(=O)N3N=C(C(F)F)C[C@]3(O)C(F)F)cc2)cc1. The molecule has 0 unspecified atom stereocenters. The monoisotopic (exact) mass is 440 g/mol. The fraction of sp³-hybridized carbons (Fsp3) is 0.333. The summed E-state index contributed by atoms with van der Waals surface area (Å²) in [7, 11) is 0. The van der Waals surface area contributed by atoms with Gasteiger partial charge >= 0.3 is 0 Å². The van der Waals surface area contributed by atoms with Crippen LogP contribution in [0.25, 0.3) is 0 Å². The van der Waals surface area contributed by atoms with E-state index in [1.54, 1.807) is 24.3 Å². The zero-order chi connectivity index (χ0) is 22.6. The second-order valence-corrected chi connectivity index (χ2v) is 6.76. The molecule has 1 aliphatic heterocycles. The van der Waals surface area contributed by atoms with Crippen molar-refractivity contribution < 1.29 is 36.9 Å². The van der Waals surface area contributed by atoms with Crippen LogP contribution in [0.2, 0.25) is 0 Å². The molecule has 3 rings (SSSR count). The van der Waals surface area contributed by atoms with Crippen molar-refractivity contribution >= 4 is 11.6 Å². The molecule has 0 fully saturated rings. The van der Waals surface area contributed by atoms with E-state index < -0.39 is 36.6 Å². The van der Waals surface area contributed by atoms with E-state index in [1.807, 2.05) is 6.92 Å². The lowest BCUT2D eigenvalue weighted by Gasteiger charge is -2.30. The first-order chi connectivity index (χ1) is 14.7. The topological polar surface area (TPSA) is 71.4 Å². The zero-order valence-electron chi connectivity index (χ0n) is 16.5. The third-order valence-corrected chi connectivity index (χ3v) is 4.57. The lowest BCUT2D eigenvalue weighted by molar-refractivity contribution is -0.164. The molecular weight excluding hydrogens is 420 g/mol. The predicted molar refractivity (Wildman–Crippen MR) is 104 cm³/mol. The fourth-order valence-electron chi connectivity index (χ4n) is 2.93. The number of halogens is 4. The van der Waals surface area contributed by atoms with Crippen LogP contribution >= 0.6 is 0 Å². The number of alkyl halides is 4. The number of amides is 1. The minimum atomic E-state index is -3.47. The van der Waals surface area contributed by atoms with E-state index in [-0.39, 0.29) is 17.2 Å². The summed E-state index contributed by atoms with van der Waals surface area (Å²) in [6.45, 7) is 2.59. The van der Waals surface area contributed by atoms with Gasteiger partial charge in [-0.2, -0.15) is 10.1 Å². The average molecular weight is 440 g/mol. The molecule has 0 saturated carbocycles. The maximum absolute atomic E-state index is 13.3. The Balaban J connectivity index is 1.68. The Morgan fingerprint density at radius 1 is 1.06 bits per heavy atom. The predicted octanol–water partition coefficient (Wildman–Crippen LogP) is 4.09. The number of hydrogen-bond donors (Lipinski definition) is 1. The van der Waals surface area contributed by atoms with Gasteiger partial charge < -0.3 is 14.6 Å². The van der Waals surface area contributed by atoms with Gasteiger partial charge in [0, 0.05) is 12.0 Å². The quantitative estimate of drug-likeness (QED) is 0.628. The molecule has 1 heterocycles. The van der Waals surface area contributed by atoms with Gasteiger partial charge in [0.2, 0.25) is 5.72 Å². The molecule has 10 heteroatoms. The van der Waals surface area contributed by atoms with Gasteiger partial charge in [-0.3, -0.25) is 4.79 Å². The third-order valence-electron chi connectivity index (χ3n) is 4.57. The van der Waals surface area contributed by atoms with Crippen LogP contribution in [0.15, 0.2) is 53.6 Å². The van der Waals surface area contributed by atoms with Crippen molar-refractivity contribution in [2.75, 3.05) is 6.61 Å². The summed E-state index contributed by atoms with van der Waals surface area (Å²) in [5, 5.41) is 13.4. The summed E-state index contributed by atoms with van der Waals surface area (Å²) in [4.78, 5) is 12.5. The number of carbonyl (C=O) groups is 1. The molecule has 0 aromatic heterocycles. The van der Waals surface area contributed by atoms with Crippen molar-refractivity contribution in [2.24, 2.45) is 5.10 Å². The Morgan fingerprint density at radius 2 is 1.65 bits per heavy atom. The van der Waals surface area contributed by atoms with E-state index in [0.29, 0.717) is 23.7 Å². The largest absolute Gasteiger partial charge is 0.494 e. The van der Waals surface area contributed by atoms with Crippen molar-refractivity contribution in [1.29, 1.82) is 0 Å². The van der Waals surface area contributed by atoms with Crippen molar-refractivity contribution in [1.82, 2.24) is 5.01 Å². The average Bonchev–Trinajstić information content (AvgIpc) is 3.13. The van der Waals surface area contributed by atoms with Gasteiger partial charge in [-0.1, -0.05) is 12.1 Å². The second-order valence-electron chi connectivity index (χ2n) is 6.76. The van der Waals surface area contributed by atoms with Crippen molar-refractivity contribution in [2.45, 2.75) is 38.5 Å². The standard InChI is InChI=1S/C21H20F4N2O4/c1-2-30-15-7-9-16(10-8-15)31-12-13-3-5-14(6-4-13)19(28)27-21(29,20(24)25)11-17(26-27)18(22)23/h3-10,18,20,29H,2,11-12H2,1H3/t21-/m0/s1. The van der Waals surface area contributed by atoms with Crippen LogP contribution in [0, 0.1) is 0 Å². The molecule has 0 bridgehead atoms. The van der Waals surface area contributed by atoms with E-state index in [0.717, 1.165) is 0 Å². The number of aliphatic hydroxyl groups is 1. The Morgan fingerprint density at radius 3 is 2.16 bits per heavy atom. The van der Waals surface area contributed by atoms with Gasteiger partial charge in [0.25, 0.3) is 18.8 Å². The van der Waals surface area contributed by atoms with Crippen LogP contribution in [0.1, 0.15) is 29.3 Å². The smallest absolute Gasteiger partial charge is 0.287 e. The minimum Gasteiger partial charge on any atom is -0.494 e. The minimum absolute atomic E-state index is 0.0323. The van der Waals surface area contributed by atoms with E-state index >= 15 is 0 Å². The number of rotatable bonds is 8. The number of hydrazone groups is 1. The lowest BCUT2D eigenvalue weighted by Crippen LogP contribution is -2.51. The van der Waals surface area contributed by atoms with Gasteiger partial charge in [0.15, 0.2) is 0 Å². The molecule has 31 heavy (non-hydrogen) atoms. The lowest BCUT2D eigenvalue weighted by atomic mass is 10.1. The number of hydrogen-bond acceptors (Lipinski definition) is 5. The molecular formula is C21H20F4N2O4. The van der Waals surface area contributed by atoms with E-state index in [2.05, 4.69) is 5.10 Å². The first-order valence-corrected chi connectivity index (χ1v) is 9.39. The van der Waals surface area contributed by atoms with E-state index in [9.17, 15) is 27.5 Å². The van der Waals surface area contributed by atoms with Crippen molar-refractivity contribution in [3.05, 3.63) is 59.7 Å². The first-order valence-electron chi connectivity index (χ1n) is 9.39. The third kappa shape index (κ3) is 4.96. The van der Waals surface area contributed by atoms with Crippen molar-refractivity contribution in [3.8, 4) is 11.5 Å². The van der Waals surface area contributed by atoms with Gasteiger partial charge in [-0.25, -0.2) is 17.6 Å². The van der Waals surface area contributed by atoms with Crippen LogP contribution in [0.3, 0.4) is 0 Å². The molecule has 1 N–H and O–H groups in total. The molecule has 1 atom stereocenters. The Bertz CT molecular complexity index is 935. The molecule has 0 radical (unpaired) electrons. The molecule has 1 amide bonds. The van der Waals surface area contributed by atoms with E-state index in [1.165, 1.54) is 24.3 Å². The normalized spacial score (nSPS) is 18.5. The Kier molecular flexibility index (Phi) is 6.79. The Labute approximate surface area is 175 Å². The highest BCUT2D eigenvalue weighted by molar-refractivity contribution is 5.99. The van der Waals surface area contributed by atoms with E-state index in [4.69, 9.17) is 9.47 Å². The van der Waals surface area contributed by atoms with Gasteiger partial charge in [0.05, 0.1) is 6.61 Å². The summed E-state index contributed by atoms with van der Waals surface area (Å²) < 4.78 is 63.3. The van der Waals surface area contributed by atoms with Crippen LogP contribution in [-0.2, 0) is 6.61 Å². The first kappa shape index (κ1) is 22.5. The molecule has 0 aliphatic carbocycles. The fourth-order valence-corrected chi connectivity index (χ4v) is 2.93. The van der Waals surface area contributed by atoms with Crippen LogP contribution < -0.4 is 9.47 Å². The molecule has 1 aliphatic rings. The summed E-state index contributed by atoms with van der Waals surface area (Å²) in [5.41, 5.74) is -3.51. The summed E-state index contributed by atoms with van der Waals surface area (Å²) in [6, 6.07) is 12.7. The molecule has 6 nitrogen and oxygen atoms in total. The summed E-state index contributed by atoms with van der Waals surface area (Å²) >= 11 is 0. The highest BCUT2D eigenvalue weighted by Gasteiger charge is 2.53. The van der Waals surface area contributed by atoms with Crippen molar-refractivity contribution in [3.63, 3.8) is 0 Å². The van der Waals surface area contributed by atoms with Gasteiger partial charge in [0.1, 0.15) is 23.8 Å². The molecule has 2 aromatic rings.